The Morgan fingerprint density at radius 3 is 2.79 bits per heavy atom. The van der Waals surface area contributed by atoms with E-state index in [1.165, 1.54) is 12.1 Å². The van der Waals surface area contributed by atoms with Gasteiger partial charge in [-0.2, -0.15) is 11.3 Å². The lowest BCUT2D eigenvalue weighted by Crippen LogP contribution is -2.04. The molecule has 100 valence electrons. The molecule has 0 saturated carbocycles. The molecule has 2 rings (SSSR count). The van der Waals surface area contributed by atoms with E-state index in [9.17, 15) is 9.00 Å². The van der Waals surface area contributed by atoms with Crippen LogP contribution >= 0.6 is 22.9 Å². The molecule has 1 atom stereocenters. The van der Waals surface area contributed by atoms with E-state index in [2.05, 4.69) is 0 Å². The van der Waals surface area contributed by atoms with Crippen molar-refractivity contribution in [1.29, 1.82) is 0 Å². The Balaban J connectivity index is 2.11. The Labute approximate surface area is 122 Å². The van der Waals surface area contributed by atoms with E-state index in [0.29, 0.717) is 17.1 Å². The maximum Gasteiger partial charge on any atom is 0.337 e. The predicted molar refractivity (Wildman–Crippen MR) is 77.7 cm³/mol. The minimum atomic E-state index is -1.22. The van der Waals surface area contributed by atoms with Crippen LogP contribution in [0.15, 0.2) is 39.9 Å². The smallest absolute Gasteiger partial charge is 0.337 e. The number of aryl methyl sites for hydroxylation is 1. The Morgan fingerprint density at radius 2 is 2.16 bits per heavy atom. The van der Waals surface area contributed by atoms with E-state index in [4.69, 9.17) is 16.7 Å². The van der Waals surface area contributed by atoms with Gasteiger partial charge < -0.3 is 5.11 Å². The summed E-state index contributed by atoms with van der Waals surface area (Å²) in [5.74, 6) is -0.640. The average Bonchev–Trinajstić information content (AvgIpc) is 2.89. The summed E-state index contributed by atoms with van der Waals surface area (Å²) in [4.78, 5) is 11.5. The first-order valence-electron chi connectivity index (χ1n) is 5.50. The molecule has 1 unspecified atom stereocenters. The molecule has 0 aliphatic rings. The fraction of sp³-hybridized carbons (Fsp3) is 0.154. The molecule has 2 aromatic rings. The van der Waals surface area contributed by atoms with Gasteiger partial charge >= 0.3 is 5.97 Å². The first-order chi connectivity index (χ1) is 9.08. The van der Waals surface area contributed by atoms with Crippen molar-refractivity contribution in [2.75, 3.05) is 5.75 Å². The minimum Gasteiger partial charge on any atom is -0.478 e. The van der Waals surface area contributed by atoms with E-state index >= 15 is 0 Å². The third kappa shape index (κ3) is 3.65. The van der Waals surface area contributed by atoms with Crippen LogP contribution in [0.3, 0.4) is 0 Å². The molecule has 19 heavy (non-hydrogen) atoms. The summed E-state index contributed by atoms with van der Waals surface area (Å²) >= 11 is 7.38. The second kappa shape index (κ2) is 6.32. The van der Waals surface area contributed by atoms with E-state index in [0.717, 1.165) is 5.56 Å². The Morgan fingerprint density at radius 1 is 1.37 bits per heavy atom. The maximum atomic E-state index is 12.1. The standard InChI is InChI=1S/C13H11ClO3S2/c14-12-2-1-10(7-11(12)13(15)16)19(17)6-4-9-3-5-18-8-9/h1-3,5,7-8H,4,6H2,(H,15,16). The van der Waals surface area contributed by atoms with Gasteiger partial charge in [-0.3, -0.25) is 4.21 Å². The quantitative estimate of drug-likeness (QED) is 0.919. The van der Waals surface area contributed by atoms with Crippen LogP contribution in [0.5, 0.6) is 0 Å². The zero-order chi connectivity index (χ0) is 13.8. The van der Waals surface area contributed by atoms with Gasteiger partial charge in [-0.1, -0.05) is 11.6 Å². The molecule has 1 aromatic carbocycles. The predicted octanol–water partition coefficient (Wildman–Crippen LogP) is 3.45. The zero-order valence-electron chi connectivity index (χ0n) is 9.84. The van der Waals surface area contributed by atoms with Gasteiger partial charge in [0.05, 0.1) is 21.4 Å². The van der Waals surface area contributed by atoms with Crippen LogP contribution in [0.4, 0.5) is 0 Å². The number of carboxylic acid groups (broad SMARTS) is 1. The summed E-state index contributed by atoms with van der Waals surface area (Å²) in [6.07, 6.45) is 0.709. The molecule has 1 heterocycles. The monoisotopic (exact) mass is 314 g/mol. The van der Waals surface area contributed by atoms with Crippen LogP contribution in [0.25, 0.3) is 0 Å². The Hall–Kier alpha value is -1.17. The number of carbonyl (C=O) groups is 1. The first-order valence-corrected chi connectivity index (χ1v) is 8.14. The van der Waals surface area contributed by atoms with Crippen molar-refractivity contribution < 1.29 is 14.1 Å². The molecular formula is C13H11ClO3S2. The number of benzene rings is 1. The minimum absolute atomic E-state index is 0.0111. The second-order valence-corrected chi connectivity index (χ2v) is 6.64. The molecule has 0 fully saturated rings. The van der Waals surface area contributed by atoms with E-state index in [1.54, 1.807) is 17.4 Å². The molecule has 1 aromatic heterocycles. The van der Waals surface area contributed by atoms with Gasteiger partial charge in [0, 0.05) is 10.6 Å². The summed E-state index contributed by atoms with van der Waals surface area (Å²) in [5, 5.41) is 13.1. The summed E-state index contributed by atoms with van der Waals surface area (Å²) in [7, 11) is -1.22. The lowest BCUT2D eigenvalue weighted by molar-refractivity contribution is 0.0697. The highest BCUT2D eigenvalue weighted by Gasteiger charge is 2.12. The Kier molecular flexibility index (Phi) is 4.74. The van der Waals surface area contributed by atoms with Crippen LogP contribution in [0.1, 0.15) is 15.9 Å². The van der Waals surface area contributed by atoms with Gasteiger partial charge in [0.1, 0.15) is 0 Å². The number of hydrogen-bond acceptors (Lipinski definition) is 3. The van der Waals surface area contributed by atoms with Gasteiger partial charge in [0.25, 0.3) is 0 Å². The Bertz CT molecular complexity index is 608. The highest BCUT2D eigenvalue weighted by Crippen LogP contribution is 2.20. The van der Waals surface area contributed by atoms with Crippen LogP contribution in [-0.2, 0) is 17.2 Å². The molecule has 0 bridgehead atoms. The van der Waals surface area contributed by atoms with E-state index in [-0.39, 0.29) is 10.6 Å². The largest absolute Gasteiger partial charge is 0.478 e. The fourth-order valence-electron chi connectivity index (χ4n) is 1.57. The van der Waals surface area contributed by atoms with E-state index in [1.807, 2.05) is 16.8 Å². The number of halogens is 1. The van der Waals surface area contributed by atoms with Crippen molar-refractivity contribution in [2.45, 2.75) is 11.3 Å². The molecular weight excluding hydrogens is 304 g/mol. The SMILES string of the molecule is O=C(O)c1cc(S(=O)CCc2ccsc2)ccc1Cl. The number of hydrogen-bond donors (Lipinski definition) is 1. The van der Waals surface area contributed by atoms with Gasteiger partial charge in [-0.25, -0.2) is 4.79 Å². The molecule has 0 aliphatic heterocycles. The summed E-state index contributed by atoms with van der Waals surface area (Å²) in [5.41, 5.74) is 1.13. The molecule has 0 spiro atoms. The third-order valence-corrected chi connectivity index (χ3v) is 5.00. The van der Waals surface area contributed by atoms with Crippen LogP contribution in [0, 0.1) is 0 Å². The number of aromatic carboxylic acids is 1. The average molecular weight is 315 g/mol. The highest BCUT2D eigenvalue weighted by atomic mass is 35.5. The normalized spacial score (nSPS) is 12.3. The first kappa shape index (κ1) is 14.2. The number of thiophene rings is 1. The van der Waals surface area contributed by atoms with Crippen LogP contribution < -0.4 is 0 Å². The van der Waals surface area contributed by atoms with Crippen LogP contribution in [-0.4, -0.2) is 21.0 Å². The number of rotatable bonds is 5. The molecule has 3 nitrogen and oxygen atoms in total. The van der Waals surface area contributed by atoms with Crippen molar-refractivity contribution in [2.24, 2.45) is 0 Å². The van der Waals surface area contributed by atoms with Crippen molar-refractivity contribution in [1.82, 2.24) is 0 Å². The van der Waals surface area contributed by atoms with Crippen molar-refractivity contribution in [3.8, 4) is 0 Å². The van der Waals surface area contributed by atoms with Crippen LogP contribution in [0.2, 0.25) is 5.02 Å². The number of carboxylic acids is 1. The fourth-order valence-corrected chi connectivity index (χ4v) is 3.60. The lowest BCUT2D eigenvalue weighted by Gasteiger charge is -2.04. The molecule has 6 heteroatoms. The third-order valence-electron chi connectivity index (χ3n) is 2.59. The van der Waals surface area contributed by atoms with Crippen molar-refractivity contribution in [3.05, 3.63) is 51.2 Å². The summed E-state index contributed by atoms with van der Waals surface area (Å²) in [6.45, 7) is 0. The zero-order valence-corrected chi connectivity index (χ0v) is 12.2. The summed E-state index contributed by atoms with van der Waals surface area (Å²) < 4.78 is 12.1. The highest BCUT2D eigenvalue weighted by molar-refractivity contribution is 7.85. The van der Waals surface area contributed by atoms with E-state index < -0.39 is 16.8 Å². The molecule has 0 aliphatic carbocycles. The topological polar surface area (TPSA) is 54.4 Å². The molecule has 0 saturated heterocycles. The molecule has 0 amide bonds. The molecule has 0 radical (unpaired) electrons. The summed E-state index contributed by atoms with van der Waals surface area (Å²) in [6, 6.07) is 6.46. The van der Waals surface area contributed by atoms with Gasteiger partial charge in [-0.05, 0) is 47.0 Å². The lowest BCUT2D eigenvalue weighted by atomic mass is 10.2. The second-order valence-electron chi connectivity index (χ2n) is 3.88. The molecule has 1 N–H and O–H groups in total. The maximum absolute atomic E-state index is 12.1. The van der Waals surface area contributed by atoms with Gasteiger partial charge in [-0.15, -0.1) is 0 Å². The van der Waals surface area contributed by atoms with Crippen molar-refractivity contribution >= 4 is 39.7 Å². The van der Waals surface area contributed by atoms with Crippen molar-refractivity contribution in [3.63, 3.8) is 0 Å². The van der Waals surface area contributed by atoms with Gasteiger partial charge in [0.15, 0.2) is 0 Å². The van der Waals surface area contributed by atoms with Gasteiger partial charge in [0.2, 0.25) is 0 Å².